The van der Waals surface area contributed by atoms with Crippen LogP contribution < -0.4 is 4.74 Å². The van der Waals surface area contributed by atoms with Gasteiger partial charge in [-0.2, -0.15) is 0 Å². The largest absolute Gasteiger partial charge is 0.493 e. The van der Waals surface area contributed by atoms with Crippen molar-refractivity contribution in [3.05, 3.63) is 59.2 Å². The first kappa shape index (κ1) is 17.8. The molecule has 1 atom stereocenters. The predicted octanol–water partition coefficient (Wildman–Crippen LogP) is 7.08. The quantitative estimate of drug-likeness (QED) is 0.525. The smallest absolute Gasteiger partial charge is 0.127 e. The third-order valence-electron chi connectivity index (χ3n) is 5.00. The van der Waals surface area contributed by atoms with Crippen LogP contribution in [0.1, 0.15) is 64.0 Å². The van der Waals surface area contributed by atoms with Crippen molar-refractivity contribution in [2.75, 3.05) is 6.61 Å². The van der Waals surface area contributed by atoms with Crippen molar-refractivity contribution in [1.29, 1.82) is 0 Å². The molecule has 3 rings (SSSR count). The van der Waals surface area contributed by atoms with Crippen LogP contribution in [0, 0.1) is 5.92 Å². The summed E-state index contributed by atoms with van der Waals surface area (Å²) in [7, 11) is 0. The summed E-state index contributed by atoms with van der Waals surface area (Å²) in [5.41, 5.74) is 6.89. The van der Waals surface area contributed by atoms with Crippen LogP contribution in [0.15, 0.2) is 48.0 Å². The van der Waals surface area contributed by atoms with Gasteiger partial charge in [-0.15, -0.1) is 0 Å². The minimum Gasteiger partial charge on any atom is -0.493 e. The summed E-state index contributed by atoms with van der Waals surface area (Å²) in [4.78, 5) is 0. The summed E-state index contributed by atoms with van der Waals surface area (Å²) in [6.45, 7) is 9.71. The molecule has 0 radical (unpaired) electrons. The average molecular weight is 335 g/mol. The minimum absolute atomic E-state index is 0.521. The maximum absolute atomic E-state index is 6.24. The van der Waals surface area contributed by atoms with Crippen LogP contribution in [0.5, 0.6) is 5.75 Å². The van der Waals surface area contributed by atoms with E-state index in [9.17, 15) is 0 Å². The maximum Gasteiger partial charge on any atom is 0.127 e. The number of hydrogen-bond donors (Lipinski definition) is 0. The third-order valence-corrected chi connectivity index (χ3v) is 5.00. The van der Waals surface area contributed by atoms with Crippen LogP contribution in [0.25, 0.3) is 17.2 Å². The first-order valence-corrected chi connectivity index (χ1v) is 9.65. The Bertz CT molecular complexity index is 740. The van der Waals surface area contributed by atoms with E-state index >= 15 is 0 Å². The number of ether oxygens (including phenoxy) is 1. The molecule has 0 bridgehead atoms. The molecule has 2 aromatic rings. The molecule has 0 amide bonds. The lowest BCUT2D eigenvalue weighted by Crippen LogP contribution is -2.08. The standard InChI is InChI=1S/C24H30O/c1-5-6-12-21-18(4)15-20-13-14-22(25-16-17(2)3)24(23(20)21)19-10-8-7-9-11-19/h7-11,13-15,17,21H,5-6,12,16H2,1-4H3. The van der Waals surface area contributed by atoms with Crippen LogP contribution in [0.4, 0.5) is 0 Å². The van der Waals surface area contributed by atoms with E-state index in [1.807, 2.05) is 0 Å². The lowest BCUT2D eigenvalue weighted by Gasteiger charge is -2.22. The van der Waals surface area contributed by atoms with E-state index < -0.39 is 0 Å². The fourth-order valence-electron chi connectivity index (χ4n) is 3.75. The number of allylic oxidation sites excluding steroid dienone is 1. The first-order valence-electron chi connectivity index (χ1n) is 9.65. The molecule has 0 aliphatic heterocycles. The number of hydrogen-bond acceptors (Lipinski definition) is 1. The highest BCUT2D eigenvalue weighted by Gasteiger charge is 2.27. The Balaban J connectivity index is 2.10. The van der Waals surface area contributed by atoms with Gasteiger partial charge in [0.25, 0.3) is 0 Å². The van der Waals surface area contributed by atoms with Gasteiger partial charge in [-0.25, -0.2) is 0 Å². The lowest BCUT2D eigenvalue weighted by atomic mass is 9.85. The second-order valence-corrected chi connectivity index (χ2v) is 7.60. The van der Waals surface area contributed by atoms with Crippen molar-refractivity contribution in [2.24, 2.45) is 5.92 Å². The highest BCUT2D eigenvalue weighted by atomic mass is 16.5. The highest BCUT2D eigenvalue weighted by Crippen LogP contribution is 2.48. The van der Waals surface area contributed by atoms with Crippen molar-refractivity contribution in [1.82, 2.24) is 0 Å². The van der Waals surface area contributed by atoms with Gasteiger partial charge < -0.3 is 4.74 Å². The van der Waals surface area contributed by atoms with Crippen molar-refractivity contribution < 1.29 is 4.74 Å². The third kappa shape index (κ3) is 3.81. The highest BCUT2D eigenvalue weighted by molar-refractivity contribution is 5.83. The normalized spacial score (nSPS) is 16.0. The SMILES string of the molecule is CCCCC1C(C)=Cc2ccc(OCC(C)C)c(-c3ccccc3)c21. The second kappa shape index (κ2) is 7.91. The Kier molecular flexibility index (Phi) is 5.63. The van der Waals surface area contributed by atoms with Crippen LogP contribution in [-0.4, -0.2) is 6.61 Å². The van der Waals surface area contributed by atoms with Crippen molar-refractivity contribution >= 4 is 6.08 Å². The van der Waals surface area contributed by atoms with Gasteiger partial charge in [0.05, 0.1) is 6.61 Å². The van der Waals surface area contributed by atoms with Crippen LogP contribution in [0.3, 0.4) is 0 Å². The van der Waals surface area contributed by atoms with Crippen LogP contribution >= 0.6 is 0 Å². The van der Waals surface area contributed by atoms with Crippen molar-refractivity contribution in [3.63, 3.8) is 0 Å². The van der Waals surface area contributed by atoms with E-state index in [-0.39, 0.29) is 0 Å². The van der Waals surface area contributed by atoms with E-state index in [4.69, 9.17) is 4.74 Å². The van der Waals surface area contributed by atoms with Crippen molar-refractivity contribution in [3.8, 4) is 16.9 Å². The molecule has 132 valence electrons. The first-order chi connectivity index (χ1) is 12.1. The fourth-order valence-corrected chi connectivity index (χ4v) is 3.75. The summed E-state index contributed by atoms with van der Waals surface area (Å²) < 4.78 is 6.24. The summed E-state index contributed by atoms with van der Waals surface area (Å²) in [5, 5.41) is 0. The minimum atomic E-state index is 0.521. The molecule has 1 unspecified atom stereocenters. The van der Waals surface area contributed by atoms with E-state index in [0.717, 1.165) is 12.4 Å². The zero-order valence-electron chi connectivity index (χ0n) is 16.0. The van der Waals surface area contributed by atoms with Crippen molar-refractivity contribution in [2.45, 2.75) is 52.9 Å². The van der Waals surface area contributed by atoms with Gasteiger partial charge in [0.1, 0.15) is 5.75 Å². The predicted molar refractivity (Wildman–Crippen MR) is 108 cm³/mol. The van der Waals surface area contributed by atoms with Gasteiger partial charge in [-0.05, 0) is 42.0 Å². The molecule has 0 saturated carbocycles. The molecule has 1 heteroatoms. The maximum atomic E-state index is 6.24. The fraction of sp³-hybridized carbons (Fsp3) is 0.417. The number of benzene rings is 2. The van der Waals surface area contributed by atoms with Gasteiger partial charge in [-0.1, -0.05) is 81.7 Å². The average Bonchev–Trinajstić information content (AvgIpc) is 2.93. The molecule has 0 fully saturated rings. The Morgan fingerprint density at radius 3 is 2.48 bits per heavy atom. The molecule has 0 spiro atoms. The molecule has 1 aliphatic rings. The van der Waals surface area contributed by atoms with E-state index in [1.54, 1.807) is 0 Å². The Labute approximate surface area is 152 Å². The summed E-state index contributed by atoms with van der Waals surface area (Å²) in [6, 6.07) is 15.2. The van der Waals surface area contributed by atoms with Crippen LogP contribution in [-0.2, 0) is 0 Å². The second-order valence-electron chi connectivity index (χ2n) is 7.60. The Morgan fingerprint density at radius 2 is 1.80 bits per heavy atom. The van der Waals surface area contributed by atoms with Gasteiger partial charge in [0.2, 0.25) is 0 Å². The van der Waals surface area contributed by atoms with Gasteiger partial charge in [-0.3, -0.25) is 0 Å². The van der Waals surface area contributed by atoms with Gasteiger partial charge >= 0.3 is 0 Å². The molecular weight excluding hydrogens is 304 g/mol. The van der Waals surface area contributed by atoms with Gasteiger partial charge in [0, 0.05) is 11.5 Å². The Hall–Kier alpha value is -2.02. The van der Waals surface area contributed by atoms with E-state index in [2.05, 4.69) is 76.2 Å². The Morgan fingerprint density at radius 1 is 1.04 bits per heavy atom. The molecule has 0 aromatic heterocycles. The summed E-state index contributed by atoms with van der Waals surface area (Å²) in [6.07, 6.45) is 6.09. The molecule has 1 aliphatic carbocycles. The molecule has 25 heavy (non-hydrogen) atoms. The number of fused-ring (bicyclic) bond motifs is 1. The summed E-state index contributed by atoms with van der Waals surface area (Å²) in [5.74, 6) is 2.07. The lowest BCUT2D eigenvalue weighted by molar-refractivity contribution is 0.272. The number of rotatable bonds is 7. The zero-order chi connectivity index (χ0) is 17.8. The molecule has 0 N–H and O–H groups in total. The van der Waals surface area contributed by atoms with E-state index in [1.165, 1.54) is 47.1 Å². The zero-order valence-corrected chi connectivity index (χ0v) is 16.0. The molecule has 0 saturated heterocycles. The molecule has 0 heterocycles. The number of unbranched alkanes of at least 4 members (excludes halogenated alkanes) is 1. The molecular formula is C24H30O. The van der Waals surface area contributed by atoms with Gasteiger partial charge in [0.15, 0.2) is 0 Å². The van der Waals surface area contributed by atoms with Crippen LogP contribution in [0.2, 0.25) is 0 Å². The topological polar surface area (TPSA) is 9.23 Å². The molecule has 1 nitrogen and oxygen atoms in total. The van der Waals surface area contributed by atoms with E-state index in [0.29, 0.717) is 11.8 Å². The molecule has 2 aromatic carbocycles. The monoisotopic (exact) mass is 334 g/mol. The summed E-state index contributed by atoms with van der Waals surface area (Å²) >= 11 is 0.